The average molecular weight is 307 g/mol. The number of carboxylic acids is 1. The summed E-state index contributed by atoms with van der Waals surface area (Å²) in [6.07, 6.45) is 0. The van der Waals surface area contributed by atoms with E-state index < -0.39 is 18.6 Å². The van der Waals surface area contributed by atoms with Crippen LogP contribution in [0.15, 0.2) is 0 Å². The second-order valence-corrected chi connectivity index (χ2v) is 4.37. The van der Waals surface area contributed by atoms with Crippen molar-refractivity contribution in [1.29, 1.82) is 0 Å². The lowest BCUT2D eigenvalue weighted by Crippen LogP contribution is -2.33. The van der Waals surface area contributed by atoms with Crippen LogP contribution in [0.5, 0.6) is 0 Å². The van der Waals surface area contributed by atoms with Crippen molar-refractivity contribution in [3.63, 3.8) is 0 Å². The Bertz CT molecular complexity index is 185. The molecule has 130 valence electrons. The molecular weight excluding hydrogens is 270 g/mol. The van der Waals surface area contributed by atoms with Gasteiger partial charge in [0, 0.05) is 0 Å². The van der Waals surface area contributed by atoms with Crippen LogP contribution in [0.4, 0.5) is 0 Å². The largest absolute Gasteiger partial charge is 0.480 e. The summed E-state index contributed by atoms with van der Waals surface area (Å²) >= 11 is 0. The highest BCUT2D eigenvalue weighted by Crippen LogP contribution is 1.82. The molecule has 0 aromatic rings. The van der Waals surface area contributed by atoms with Gasteiger partial charge in [0.25, 0.3) is 0 Å². The molecule has 0 aliphatic heterocycles. The molecule has 0 spiro atoms. The lowest BCUT2D eigenvalue weighted by Gasteiger charge is -2.13. The molecule has 0 saturated carbocycles. The number of aliphatic hydroxyl groups is 1. The molecule has 0 rings (SSSR count). The monoisotopic (exact) mass is 307 g/mol. The van der Waals surface area contributed by atoms with Gasteiger partial charge in [-0.15, -0.1) is 0 Å². The minimum atomic E-state index is -1.18. The number of rotatable bonds is 8. The van der Waals surface area contributed by atoms with E-state index in [9.17, 15) is 4.79 Å². The standard InChI is InChI=1S/2C6H15N.C3H7NO3/c2*1-4-7(5-2)6-3;4-2(1-5)3(6)7/h2*4-6H2,1-3H3;2,5H,1,4H2,(H,6,7)/t;;2-/m..1/s1. The molecule has 0 aromatic heterocycles. The van der Waals surface area contributed by atoms with Gasteiger partial charge in [-0.2, -0.15) is 0 Å². The summed E-state index contributed by atoms with van der Waals surface area (Å²) in [5.74, 6) is -1.18. The molecule has 6 nitrogen and oxygen atoms in total. The van der Waals surface area contributed by atoms with Gasteiger partial charge in [0.15, 0.2) is 0 Å². The molecule has 0 heterocycles. The summed E-state index contributed by atoms with van der Waals surface area (Å²) in [6, 6.07) is -1.13. The summed E-state index contributed by atoms with van der Waals surface area (Å²) in [5.41, 5.74) is 4.77. The smallest absolute Gasteiger partial charge is 0.322 e. The predicted octanol–water partition coefficient (Wildman–Crippen LogP) is 1.09. The van der Waals surface area contributed by atoms with Crippen LogP contribution in [0.25, 0.3) is 0 Å². The first-order valence-electron chi connectivity index (χ1n) is 7.91. The van der Waals surface area contributed by atoms with Crippen LogP contribution in [-0.2, 0) is 4.79 Å². The minimum Gasteiger partial charge on any atom is -0.480 e. The first kappa shape index (κ1) is 25.3. The van der Waals surface area contributed by atoms with Crippen molar-refractivity contribution in [2.45, 2.75) is 47.6 Å². The third kappa shape index (κ3) is 19.3. The number of nitrogens with two attached hydrogens (primary N) is 1. The molecule has 4 N–H and O–H groups in total. The molecule has 0 unspecified atom stereocenters. The van der Waals surface area contributed by atoms with Crippen molar-refractivity contribution in [3.05, 3.63) is 0 Å². The Labute approximate surface area is 130 Å². The second kappa shape index (κ2) is 19.3. The molecule has 6 heteroatoms. The Balaban J connectivity index is -0.000000231. The van der Waals surface area contributed by atoms with E-state index in [2.05, 4.69) is 51.3 Å². The molecule has 1 atom stereocenters. The first-order valence-corrected chi connectivity index (χ1v) is 7.91. The number of carbonyl (C=O) groups is 1. The summed E-state index contributed by atoms with van der Waals surface area (Å²) in [7, 11) is 0. The number of nitrogens with zero attached hydrogens (tertiary/aromatic N) is 2. The number of carboxylic acid groups (broad SMARTS) is 1. The molecular formula is C15H37N3O3. The highest BCUT2D eigenvalue weighted by Gasteiger charge is 2.07. The Kier molecular flexibility index (Phi) is 23.2. The van der Waals surface area contributed by atoms with E-state index >= 15 is 0 Å². The Morgan fingerprint density at radius 1 is 0.857 bits per heavy atom. The van der Waals surface area contributed by atoms with E-state index in [1.165, 1.54) is 39.3 Å². The van der Waals surface area contributed by atoms with Gasteiger partial charge in [0.1, 0.15) is 6.04 Å². The van der Waals surface area contributed by atoms with Gasteiger partial charge in [-0.1, -0.05) is 41.5 Å². The van der Waals surface area contributed by atoms with E-state index in [4.69, 9.17) is 15.9 Å². The zero-order valence-electron chi connectivity index (χ0n) is 14.8. The summed E-state index contributed by atoms with van der Waals surface area (Å²) < 4.78 is 0. The Hall–Kier alpha value is -0.690. The van der Waals surface area contributed by atoms with Crippen LogP contribution in [0.1, 0.15) is 41.5 Å². The van der Waals surface area contributed by atoms with Crippen molar-refractivity contribution in [3.8, 4) is 0 Å². The van der Waals surface area contributed by atoms with Crippen molar-refractivity contribution < 1.29 is 15.0 Å². The third-order valence-electron chi connectivity index (χ3n) is 3.20. The van der Waals surface area contributed by atoms with E-state index in [1.54, 1.807) is 0 Å². The lowest BCUT2D eigenvalue weighted by atomic mass is 10.3. The molecule has 0 aromatic carbocycles. The molecule has 0 radical (unpaired) electrons. The third-order valence-corrected chi connectivity index (χ3v) is 3.20. The molecule has 0 aliphatic carbocycles. The maximum atomic E-state index is 9.65. The first-order chi connectivity index (χ1) is 9.87. The second-order valence-electron chi connectivity index (χ2n) is 4.37. The topological polar surface area (TPSA) is 90.0 Å². The van der Waals surface area contributed by atoms with E-state index in [0.29, 0.717) is 0 Å². The van der Waals surface area contributed by atoms with E-state index in [1.807, 2.05) is 0 Å². The SMILES string of the molecule is CCN(CC)CC.CCN(CC)CC.N[C@H](CO)C(=O)O. The van der Waals surface area contributed by atoms with Crippen molar-refractivity contribution in [2.75, 3.05) is 45.9 Å². The normalized spacial score (nSPS) is 11.3. The lowest BCUT2D eigenvalue weighted by molar-refractivity contribution is -0.139. The van der Waals surface area contributed by atoms with Crippen LogP contribution in [0.3, 0.4) is 0 Å². The quantitative estimate of drug-likeness (QED) is 0.622. The van der Waals surface area contributed by atoms with Crippen LogP contribution < -0.4 is 5.73 Å². The molecule has 0 fully saturated rings. The van der Waals surface area contributed by atoms with E-state index in [-0.39, 0.29) is 0 Å². The molecule has 0 bridgehead atoms. The number of hydrogen-bond acceptors (Lipinski definition) is 5. The van der Waals surface area contributed by atoms with Crippen molar-refractivity contribution in [2.24, 2.45) is 5.73 Å². The van der Waals surface area contributed by atoms with E-state index in [0.717, 1.165) is 0 Å². The fourth-order valence-electron chi connectivity index (χ4n) is 1.42. The van der Waals surface area contributed by atoms with Gasteiger partial charge in [-0.3, -0.25) is 4.79 Å². The number of aliphatic carboxylic acids is 1. The van der Waals surface area contributed by atoms with Crippen LogP contribution in [0, 0.1) is 0 Å². The average Bonchev–Trinajstić information content (AvgIpc) is 2.51. The molecule has 0 saturated heterocycles. The zero-order chi connectivity index (χ0) is 17.3. The number of aliphatic hydroxyl groups excluding tert-OH is 1. The molecule has 21 heavy (non-hydrogen) atoms. The summed E-state index contributed by atoms with van der Waals surface area (Å²) in [6.45, 7) is 19.7. The van der Waals surface area contributed by atoms with Crippen molar-refractivity contribution >= 4 is 5.97 Å². The predicted molar refractivity (Wildman–Crippen MR) is 89.6 cm³/mol. The zero-order valence-corrected chi connectivity index (χ0v) is 14.8. The van der Waals surface area contributed by atoms with Gasteiger partial charge >= 0.3 is 5.97 Å². The van der Waals surface area contributed by atoms with Gasteiger partial charge in [-0.25, -0.2) is 0 Å². The van der Waals surface area contributed by atoms with Gasteiger partial charge in [0.05, 0.1) is 6.61 Å². The highest BCUT2D eigenvalue weighted by atomic mass is 16.4. The summed E-state index contributed by atoms with van der Waals surface area (Å²) in [4.78, 5) is 14.4. The minimum absolute atomic E-state index is 0.505. The van der Waals surface area contributed by atoms with Gasteiger partial charge < -0.3 is 25.7 Å². The van der Waals surface area contributed by atoms with Crippen LogP contribution in [0.2, 0.25) is 0 Å². The van der Waals surface area contributed by atoms with Gasteiger partial charge in [0.2, 0.25) is 0 Å². The maximum Gasteiger partial charge on any atom is 0.322 e. The molecule has 0 amide bonds. The fourth-order valence-corrected chi connectivity index (χ4v) is 1.42. The number of hydrogen-bond donors (Lipinski definition) is 3. The summed E-state index contributed by atoms with van der Waals surface area (Å²) in [5, 5.41) is 15.9. The Morgan fingerprint density at radius 2 is 1.10 bits per heavy atom. The van der Waals surface area contributed by atoms with Crippen molar-refractivity contribution in [1.82, 2.24) is 9.80 Å². The van der Waals surface area contributed by atoms with Crippen LogP contribution in [-0.4, -0.2) is 77.9 Å². The van der Waals surface area contributed by atoms with Gasteiger partial charge in [-0.05, 0) is 39.3 Å². The fraction of sp³-hybridized carbons (Fsp3) is 0.933. The van der Waals surface area contributed by atoms with Crippen LogP contribution >= 0.6 is 0 Å². The maximum absolute atomic E-state index is 9.65. The Morgan fingerprint density at radius 3 is 1.10 bits per heavy atom. The highest BCUT2D eigenvalue weighted by molar-refractivity contribution is 5.73. The molecule has 0 aliphatic rings.